The Balaban J connectivity index is 1.37. The zero-order valence-electron chi connectivity index (χ0n) is 18.5. The molecule has 0 N–H and O–H groups in total. The molecule has 2 fully saturated rings. The van der Waals surface area contributed by atoms with Crippen molar-refractivity contribution < 1.29 is 4.79 Å². The van der Waals surface area contributed by atoms with Crippen molar-refractivity contribution in [2.75, 3.05) is 0 Å². The van der Waals surface area contributed by atoms with Crippen molar-refractivity contribution in [3.05, 3.63) is 57.3 Å². The lowest BCUT2D eigenvalue weighted by Crippen LogP contribution is -2.49. The first kappa shape index (κ1) is 20.1. The number of fused-ring (bicyclic) bond motifs is 6. The van der Waals surface area contributed by atoms with E-state index < -0.39 is 0 Å². The average Bonchev–Trinajstić information content (AvgIpc) is 3.08. The van der Waals surface area contributed by atoms with Crippen LogP contribution in [0.15, 0.2) is 48.1 Å². The number of ketones is 1. The van der Waals surface area contributed by atoms with Crippen LogP contribution < -0.4 is 0 Å². The molecule has 1 aromatic heterocycles. The fourth-order valence-corrected chi connectivity index (χ4v) is 8.35. The van der Waals surface area contributed by atoms with Crippen LogP contribution in [-0.4, -0.2) is 10.8 Å². The standard InChI is InChI=1S/C28H30INO/c1-27-13-11-17(25-16-23(29)20-5-3-4-6-24(20)30-25)15-18(27)7-8-19-21-9-10-26(31)28(21,2)14-12-22(19)27/h3-7,15-16,19,21-22H,8-14H2,1-2H3/t19?,21?,22?,27-,28-/m0/s1. The predicted molar refractivity (Wildman–Crippen MR) is 135 cm³/mol. The Morgan fingerprint density at radius 1 is 1.03 bits per heavy atom. The number of para-hydroxylation sites is 1. The van der Waals surface area contributed by atoms with Gasteiger partial charge in [0.05, 0.1) is 11.2 Å². The zero-order valence-corrected chi connectivity index (χ0v) is 20.6. The number of Topliss-reactive ketones (excluding diaryl/α,β-unsaturated/α-hetero) is 1. The molecule has 3 heteroatoms. The average molecular weight is 523 g/mol. The number of benzene rings is 1. The molecular weight excluding hydrogens is 493 g/mol. The van der Waals surface area contributed by atoms with Gasteiger partial charge < -0.3 is 0 Å². The smallest absolute Gasteiger partial charge is 0.139 e. The van der Waals surface area contributed by atoms with Gasteiger partial charge in [0.1, 0.15) is 5.78 Å². The summed E-state index contributed by atoms with van der Waals surface area (Å²) in [7, 11) is 0. The van der Waals surface area contributed by atoms with Gasteiger partial charge in [0.25, 0.3) is 0 Å². The predicted octanol–water partition coefficient (Wildman–Crippen LogP) is 7.36. The molecule has 2 nitrogen and oxygen atoms in total. The summed E-state index contributed by atoms with van der Waals surface area (Å²) in [6.45, 7) is 4.79. The summed E-state index contributed by atoms with van der Waals surface area (Å²) >= 11 is 2.45. The lowest BCUT2D eigenvalue weighted by molar-refractivity contribution is -0.131. The van der Waals surface area contributed by atoms with Crippen LogP contribution in [0.25, 0.3) is 16.5 Å². The van der Waals surface area contributed by atoms with Crippen LogP contribution >= 0.6 is 22.6 Å². The normalized spacial score (nSPS) is 37.0. The molecule has 6 rings (SSSR count). The van der Waals surface area contributed by atoms with Crippen molar-refractivity contribution in [2.45, 2.75) is 58.8 Å². The van der Waals surface area contributed by atoms with Crippen molar-refractivity contribution >= 4 is 44.9 Å². The molecule has 0 radical (unpaired) electrons. The Labute approximate surface area is 198 Å². The molecule has 0 bridgehead atoms. The Bertz CT molecular complexity index is 1160. The first-order chi connectivity index (χ1) is 14.9. The van der Waals surface area contributed by atoms with Gasteiger partial charge in [-0.2, -0.15) is 0 Å². The molecule has 0 saturated heterocycles. The fourth-order valence-electron chi connectivity index (χ4n) is 7.60. The molecule has 4 aliphatic rings. The Morgan fingerprint density at radius 3 is 2.71 bits per heavy atom. The number of nitrogens with zero attached hydrogens (tertiary/aromatic N) is 1. The van der Waals surface area contributed by atoms with Gasteiger partial charge in [-0.25, -0.2) is 4.98 Å². The van der Waals surface area contributed by atoms with Gasteiger partial charge in [-0.05, 0) is 108 Å². The van der Waals surface area contributed by atoms with Crippen molar-refractivity contribution in [3.63, 3.8) is 0 Å². The summed E-state index contributed by atoms with van der Waals surface area (Å²) < 4.78 is 1.28. The summed E-state index contributed by atoms with van der Waals surface area (Å²) in [5.74, 6) is 2.55. The lowest BCUT2D eigenvalue weighted by Gasteiger charge is -2.55. The number of aromatic nitrogens is 1. The summed E-state index contributed by atoms with van der Waals surface area (Å²) in [5.41, 5.74) is 5.38. The number of carbonyl (C=O) groups is 1. The Morgan fingerprint density at radius 2 is 1.84 bits per heavy atom. The Kier molecular flexibility index (Phi) is 4.55. The fraction of sp³-hybridized carbons (Fsp3) is 0.500. The van der Waals surface area contributed by atoms with Crippen LogP contribution in [0.5, 0.6) is 0 Å². The van der Waals surface area contributed by atoms with E-state index in [-0.39, 0.29) is 10.8 Å². The number of pyridine rings is 1. The molecule has 1 aromatic carbocycles. The molecule has 160 valence electrons. The number of rotatable bonds is 1. The van der Waals surface area contributed by atoms with E-state index in [0.717, 1.165) is 49.2 Å². The summed E-state index contributed by atoms with van der Waals surface area (Å²) in [6.07, 6.45) is 12.7. The van der Waals surface area contributed by atoms with E-state index in [0.29, 0.717) is 17.6 Å². The highest BCUT2D eigenvalue weighted by atomic mass is 127. The lowest BCUT2D eigenvalue weighted by atomic mass is 9.48. The molecule has 0 aliphatic heterocycles. The third-order valence-corrected chi connectivity index (χ3v) is 10.4. The first-order valence-corrected chi connectivity index (χ1v) is 13.0. The van der Waals surface area contributed by atoms with Gasteiger partial charge in [-0.1, -0.05) is 44.2 Å². The molecule has 4 aliphatic carbocycles. The van der Waals surface area contributed by atoms with Crippen molar-refractivity contribution in [1.82, 2.24) is 4.98 Å². The van der Waals surface area contributed by atoms with Gasteiger partial charge in [-0.15, -0.1) is 0 Å². The first-order valence-electron chi connectivity index (χ1n) is 11.9. The quantitative estimate of drug-likeness (QED) is 0.366. The third-order valence-electron chi connectivity index (χ3n) is 9.47. The second kappa shape index (κ2) is 7.00. The minimum atomic E-state index is -0.0375. The van der Waals surface area contributed by atoms with E-state index in [1.165, 1.54) is 32.9 Å². The van der Waals surface area contributed by atoms with Crippen LogP contribution in [0.4, 0.5) is 0 Å². The molecule has 5 atom stereocenters. The highest BCUT2D eigenvalue weighted by molar-refractivity contribution is 14.1. The topological polar surface area (TPSA) is 30.0 Å². The number of hydrogen-bond donors (Lipinski definition) is 0. The maximum absolute atomic E-state index is 12.7. The zero-order chi connectivity index (χ0) is 21.4. The van der Waals surface area contributed by atoms with Crippen LogP contribution in [0.1, 0.15) is 64.5 Å². The van der Waals surface area contributed by atoms with E-state index in [9.17, 15) is 4.79 Å². The van der Waals surface area contributed by atoms with Gasteiger partial charge in [0, 0.05) is 20.8 Å². The van der Waals surface area contributed by atoms with E-state index in [2.05, 4.69) is 78.9 Å². The van der Waals surface area contributed by atoms with E-state index in [1.807, 2.05) is 0 Å². The number of halogens is 1. The minimum Gasteiger partial charge on any atom is -0.299 e. The molecule has 2 saturated carbocycles. The summed E-state index contributed by atoms with van der Waals surface area (Å²) in [4.78, 5) is 17.7. The molecule has 2 aromatic rings. The van der Waals surface area contributed by atoms with Crippen molar-refractivity contribution in [3.8, 4) is 0 Å². The summed E-state index contributed by atoms with van der Waals surface area (Å²) in [5, 5.41) is 1.24. The van der Waals surface area contributed by atoms with Crippen LogP contribution in [-0.2, 0) is 4.79 Å². The van der Waals surface area contributed by atoms with Gasteiger partial charge in [-0.3, -0.25) is 4.79 Å². The molecular formula is C28H30INO. The van der Waals surface area contributed by atoms with E-state index >= 15 is 0 Å². The largest absolute Gasteiger partial charge is 0.299 e. The van der Waals surface area contributed by atoms with Crippen molar-refractivity contribution in [1.29, 1.82) is 0 Å². The van der Waals surface area contributed by atoms with Gasteiger partial charge in [0.15, 0.2) is 0 Å². The van der Waals surface area contributed by atoms with Crippen LogP contribution in [0, 0.1) is 32.2 Å². The second-order valence-corrected chi connectivity index (χ2v) is 11.9. The molecule has 1 heterocycles. The monoisotopic (exact) mass is 523 g/mol. The molecule has 0 amide bonds. The maximum Gasteiger partial charge on any atom is 0.139 e. The molecule has 3 unspecified atom stereocenters. The highest BCUT2D eigenvalue weighted by Crippen LogP contribution is 2.63. The molecule has 31 heavy (non-hydrogen) atoms. The third kappa shape index (κ3) is 2.87. The van der Waals surface area contributed by atoms with Crippen LogP contribution in [0.2, 0.25) is 0 Å². The number of hydrogen-bond acceptors (Lipinski definition) is 2. The van der Waals surface area contributed by atoms with E-state index in [1.54, 1.807) is 0 Å². The number of allylic oxidation sites excluding steroid dienone is 4. The molecule has 0 spiro atoms. The minimum absolute atomic E-state index is 0.0375. The Hall–Kier alpha value is -1.49. The number of carbonyl (C=O) groups excluding carboxylic acids is 1. The van der Waals surface area contributed by atoms with Gasteiger partial charge in [0.2, 0.25) is 0 Å². The van der Waals surface area contributed by atoms with Crippen molar-refractivity contribution in [2.24, 2.45) is 28.6 Å². The maximum atomic E-state index is 12.7. The van der Waals surface area contributed by atoms with E-state index in [4.69, 9.17) is 4.98 Å². The SMILES string of the molecule is C[C@]12CCC(c3cc(I)c4ccccc4n3)=CC1=CCC1C2CC[C@]2(C)C(=O)CCC12. The second-order valence-electron chi connectivity index (χ2n) is 10.8. The van der Waals surface area contributed by atoms with Gasteiger partial charge >= 0.3 is 0 Å². The highest BCUT2D eigenvalue weighted by Gasteiger charge is 2.58. The van der Waals surface area contributed by atoms with Crippen LogP contribution in [0.3, 0.4) is 0 Å². The summed E-state index contributed by atoms with van der Waals surface area (Å²) in [6, 6.07) is 10.7.